The standard InChI is InChI=1S/C10H12N2OS/c1-10(2,3)7(6-11)8(13)9-12-4-5-14-9/h4-5,7H,1-3H3. The van der Waals surface area contributed by atoms with Gasteiger partial charge in [0.25, 0.3) is 0 Å². The molecule has 1 aromatic heterocycles. The molecular weight excluding hydrogens is 196 g/mol. The Hall–Kier alpha value is -1.21. The Morgan fingerprint density at radius 3 is 2.64 bits per heavy atom. The minimum Gasteiger partial charge on any atom is -0.290 e. The van der Waals surface area contributed by atoms with Crippen LogP contribution in [-0.2, 0) is 0 Å². The summed E-state index contributed by atoms with van der Waals surface area (Å²) in [6, 6.07) is 2.05. The van der Waals surface area contributed by atoms with E-state index in [-0.39, 0.29) is 11.2 Å². The van der Waals surface area contributed by atoms with Gasteiger partial charge in [0.1, 0.15) is 5.92 Å². The molecule has 0 amide bonds. The molecule has 0 radical (unpaired) electrons. The summed E-state index contributed by atoms with van der Waals surface area (Å²) in [5.41, 5.74) is -0.336. The van der Waals surface area contributed by atoms with E-state index in [0.717, 1.165) is 0 Å². The highest BCUT2D eigenvalue weighted by molar-refractivity contribution is 7.11. The molecule has 4 heteroatoms. The Morgan fingerprint density at radius 2 is 2.29 bits per heavy atom. The average Bonchev–Trinajstić information content (AvgIpc) is 2.53. The van der Waals surface area contributed by atoms with Crippen molar-refractivity contribution in [3.05, 3.63) is 16.6 Å². The number of thiazole rings is 1. The zero-order valence-corrected chi connectivity index (χ0v) is 9.26. The second-order valence-electron chi connectivity index (χ2n) is 4.13. The minimum atomic E-state index is -0.617. The van der Waals surface area contributed by atoms with Crippen LogP contribution >= 0.6 is 11.3 Å². The number of carbonyl (C=O) groups is 1. The van der Waals surface area contributed by atoms with Crippen LogP contribution in [0.4, 0.5) is 0 Å². The first kappa shape index (κ1) is 10.9. The number of rotatable bonds is 2. The van der Waals surface area contributed by atoms with E-state index in [9.17, 15) is 4.79 Å². The van der Waals surface area contributed by atoms with E-state index in [1.54, 1.807) is 11.6 Å². The van der Waals surface area contributed by atoms with Crippen molar-refractivity contribution in [3.8, 4) is 6.07 Å². The van der Waals surface area contributed by atoms with E-state index in [2.05, 4.69) is 4.98 Å². The van der Waals surface area contributed by atoms with Crippen molar-refractivity contribution in [2.45, 2.75) is 20.8 Å². The van der Waals surface area contributed by atoms with E-state index < -0.39 is 5.92 Å². The molecule has 0 N–H and O–H groups in total. The summed E-state index contributed by atoms with van der Waals surface area (Å²) >= 11 is 1.28. The largest absolute Gasteiger partial charge is 0.290 e. The number of hydrogen-bond acceptors (Lipinski definition) is 4. The lowest BCUT2D eigenvalue weighted by Crippen LogP contribution is -2.27. The summed E-state index contributed by atoms with van der Waals surface area (Å²) in [6.07, 6.45) is 1.58. The fraction of sp³-hybridized carbons (Fsp3) is 0.500. The highest BCUT2D eigenvalue weighted by Crippen LogP contribution is 2.28. The maximum absolute atomic E-state index is 11.8. The second-order valence-corrected chi connectivity index (χ2v) is 5.02. The van der Waals surface area contributed by atoms with Gasteiger partial charge in [-0.2, -0.15) is 5.26 Å². The Labute approximate surface area is 87.4 Å². The Bertz CT molecular complexity index is 356. The number of hydrogen-bond donors (Lipinski definition) is 0. The minimum absolute atomic E-state index is 0.171. The molecule has 1 unspecified atom stereocenters. The summed E-state index contributed by atoms with van der Waals surface area (Å²) in [6.45, 7) is 5.64. The number of Topliss-reactive ketones (excluding diaryl/α,β-unsaturated/α-hetero) is 1. The van der Waals surface area contributed by atoms with Crippen LogP contribution in [0.15, 0.2) is 11.6 Å². The van der Waals surface area contributed by atoms with E-state index >= 15 is 0 Å². The van der Waals surface area contributed by atoms with Gasteiger partial charge in [-0.1, -0.05) is 20.8 Å². The monoisotopic (exact) mass is 208 g/mol. The van der Waals surface area contributed by atoms with Gasteiger partial charge in [0, 0.05) is 11.6 Å². The van der Waals surface area contributed by atoms with E-state index in [1.165, 1.54) is 11.3 Å². The van der Waals surface area contributed by atoms with Gasteiger partial charge in [-0.25, -0.2) is 4.98 Å². The van der Waals surface area contributed by atoms with Crippen LogP contribution in [0.3, 0.4) is 0 Å². The summed E-state index contributed by atoms with van der Waals surface area (Å²) in [5.74, 6) is -0.788. The van der Waals surface area contributed by atoms with Crippen LogP contribution in [0.25, 0.3) is 0 Å². The van der Waals surface area contributed by atoms with Gasteiger partial charge in [-0.15, -0.1) is 11.3 Å². The van der Waals surface area contributed by atoms with Crippen LogP contribution in [0.5, 0.6) is 0 Å². The van der Waals surface area contributed by atoms with Crippen molar-refractivity contribution in [3.63, 3.8) is 0 Å². The number of nitrogens with zero attached hydrogens (tertiary/aromatic N) is 2. The van der Waals surface area contributed by atoms with E-state index in [1.807, 2.05) is 26.8 Å². The highest BCUT2D eigenvalue weighted by Gasteiger charge is 2.33. The van der Waals surface area contributed by atoms with Crippen molar-refractivity contribution in [2.75, 3.05) is 0 Å². The molecule has 74 valence electrons. The topological polar surface area (TPSA) is 53.8 Å². The lowest BCUT2D eigenvalue weighted by molar-refractivity contribution is 0.0877. The van der Waals surface area contributed by atoms with Crippen LogP contribution < -0.4 is 0 Å². The summed E-state index contributed by atoms with van der Waals surface area (Å²) in [5, 5.41) is 11.1. The van der Waals surface area contributed by atoms with Gasteiger partial charge in [0.15, 0.2) is 5.01 Å². The molecule has 0 fully saturated rings. The second kappa shape index (κ2) is 3.89. The van der Waals surface area contributed by atoms with E-state index in [4.69, 9.17) is 5.26 Å². The van der Waals surface area contributed by atoms with Gasteiger partial charge in [-0.3, -0.25) is 4.79 Å². The molecule has 3 nitrogen and oxygen atoms in total. The Balaban J connectivity index is 2.95. The van der Waals surface area contributed by atoms with Crippen LogP contribution in [0, 0.1) is 22.7 Å². The molecule has 0 aliphatic carbocycles. The van der Waals surface area contributed by atoms with E-state index in [0.29, 0.717) is 5.01 Å². The Morgan fingerprint density at radius 1 is 1.64 bits per heavy atom. The summed E-state index contributed by atoms with van der Waals surface area (Å²) in [4.78, 5) is 15.7. The van der Waals surface area contributed by atoms with Crippen molar-refractivity contribution in [2.24, 2.45) is 11.3 Å². The lowest BCUT2D eigenvalue weighted by atomic mass is 9.79. The van der Waals surface area contributed by atoms with Gasteiger partial charge < -0.3 is 0 Å². The predicted octanol–water partition coefficient (Wildman–Crippen LogP) is 2.51. The molecule has 0 bridgehead atoms. The SMILES string of the molecule is CC(C)(C)C(C#N)C(=O)c1nccs1. The molecule has 1 atom stereocenters. The van der Waals surface area contributed by atoms with Crippen molar-refractivity contribution in [1.29, 1.82) is 5.26 Å². The van der Waals surface area contributed by atoms with Gasteiger partial charge in [0.05, 0.1) is 6.07 Å². The van der Waals surface area contributed by atoms with Crippen molar-refractivity contribution in [1.82, 2.24) is 4.98 Å². The first-order valence-corrected chi connectivity index (χ1v) is 5.18. The molecule has 0 aromatic carbocycles. The predicted molar refractivity (Wildman–Crippen MR) is 55.0 cm³/mol. The summed E-state index contributed by atoms with van der Waals surface area (Å²) in [7, 11) is 0. The average molecular weight is 208 g/mol. The number of aromatic nitrogens is 1. The Kier molecular flexibility index (Phi) is 3.02. The molecule has 0 saturated carbocycles. The van der Waals surface area contributed by atoms with Crippen LogP contribution in [0.2, 0.25) is 0 Å². The number of ketones is 1. The highest BCUT2D eigenvalue weighted by atomic mass is 32.1. The zero-order chi connectivity index (χ0) is 10.8. The third kappa shape index (κ3) is 2.18. The quantitative estimate of drug-likeness (QED) is 0.702. The maximum atomic E-state index is 11.8. The maximum Gasteiger partial charge on any atom is 0.208 e. The summed E-state index contributed by atoms with van der Waals surface area (Å²) < 4.78 is 0. The number of nitriles is 1. The lowest BCUT2D eigenvalue weighted by Gasteiger charge is -2.22. The third-order valence-electron chi connectivity index (χ3n) is 1.90. The van der Waals surface area contributed by atoms with Gasteiger partial charge in [-0.05, 0) is 5.41 Å². The zero-order valence-electron chi connectivity index (χ0n) is 8.44. The normalized spacial score (nSPS) is 13.3. The molecule has 0 saturated heterocycles. The van der Waals surface area contributed by atoms with Crippen LogP contribution in [-0.4, -0.2) is 10.8 Å². The molecule has 14 heavy (non-hydrogen) atoms. The van der Waals surface area contributed by atoms with Crippen molar-refractivity contribution >= 4 is 17.1 Å². The smallest absolute Gasteiger partial charge is 0.208 e. The third-order valence-corrected chi connectivity index (χ3v) is 2.69. The fourth-order valence-corrected chi connectivity index (χ4v) is 1.72. The molecule has 0 aliphatic rings. The first-order valence-electron chi connectivity index (χ1n) is 4.30. The molecule has 1 heterocycles. The molecule has 1 aromatic rings. The van der Waals surface area contributed by atoms with Crippen LogP contribution in [0.1, 0.15) is 30.6 Å². The van der Waals surface area contributed by atoms with Crippen molar-refractivity contribution < 1.29 is 4.79 Å². The first-order chi connectivity index (χ1) is 6.46. The number of carbonyl (C=O) groups excluding carboxylic acids is 1. The van der Waals surface area contributed by atoms with Gasteiger partial charge >= 0.3 is 0 Å². The molecule has 0 spiro atoms. The van der Waals surface area contributed by atoms with Gasteiger partial charge in [0.2, 0.25) is 5.78 Å². The fourth-order valence-electron chi connectivity index (χ4n) is 1.11. The molecule has 0 aliphatic heterocycles. The molecule has 1 rings (SSSR count). The molecular formula is C10H12N2OS.